The van der Waals surface area contributed by atoms with Crippen LogP contribution in [0.3, 0.4) is 0 Å². The van der Waals surface area contributed by atoms with Crippen LogP contribution < -0.4 is 0 Å². The molecule has 0 aromatic rings. The van der Waals surface area contributed by atoms with Gasteiger partial charge in [0.2, 0.25) is 0 Å². The molecule has 0 saturated heterocycles. The van der Waals surface area contributed by atoms with Gasteiger partial charge in [0.1, 0.15) is 0 Å². The predicted octanol–water partition coefficient (Wildman–Crippen LogP) is 8.45. The molecule has 2 aliphatic rings. The van der Waals surface area contributed by atoms with Crippen molar-refractivity contribution in [1.82, 2.24) is 0 Å². The predicted molar refractivity (Wildman–Crippen MR) is 119 cm³/mol. The van der Waals surface area contributed by atoms with E-state index in [2.05, 4.69) is 55.4 Å². The third-order valence-corrected chi connectivity index (χ3v) is 13.4. The normalized spacial score (nSPS) is 19.4. The van der Waals surface area contributed by atoms with Gasteiger partial charge in [0, 0.05) is 17.1 Å². The van der Waals surface area contributed by atoms with E-state index in [0.29, 0.717) is 15.8 Å². The molecule has 0 nitrogen and oxygen atoms in total. The summed E-state index contributed by atoms with van der Waals surface area (Å²) < 4.78 is 0. The fourth-order valence-electron chi connectivity index (χ4n) is 5.28. The maximum absolute atomic E-state index is 2.42. The van der Waals surface area contributed by atoms with Crippen molar-refractivity contribution in [3.63, 3.8) is 0 Å². The summed E-state index contributed by atoms with van der Waals surface area (Å²) in [5, 5.41) is 0. The number of rotatable bonds is 6. The quantitative estimate of drug-likeness (QED) is 0.294. The molecule has 0 bridgehead atoms. The van der Waals surface area contributed by atoms with Gasteiger partial charge in [-0.15, -0.1) is 0 Å². The molecule has 152 valence electrons. The molecular weight excluding hydrogens is 382 g/mol. The van der Waals surface area contributed by atoms with Gasteiger partial charge in [-0.05, 0) is 59.6 Å². The van der Waals surface area contributed by atoms with Crippen LogP contribution in [0.15, 0.2) is 0 Å². The van der Waals surface area contributed by atoms with Crippen LogP contribution in [0.1, 0.15) is 107 Å². The van der Waals surface area contributed by atoms with E-state index < -0.39 is 0 Å². The fraction of sp³-hybridized carbons (Fsp3) is 1.00. The van der Waals surface area contributed by atoms with E-state index in [0.717, 1.165) is 34.0 Å². The first kappa shape index (κ1) is 26.4. The molecular formula is C22H46FeP2. The summed E-state index contributed by atoms with van der Waals surface area (Å²) in [4.78, 5) is 0. The number of hydrogen-bond donors (Lipinski definition) is 0. The van der Waals surface area contributed by atoms with E-state index in [4.69, 9.17) is 0 Å². The molecule has 0 unspecified atom stereocenters. The molecule has 0 atom stereocenters. The summed E-state index contributed by atoms with van der Waals surface area (Å²) in [5.41, 5.74) is 6.01. The molecule has 2 fully saturated rings. The molecule has 0 heterocycles. The molecule has 0 N–H and O–H groups in total. The first-order chi connectivity index (χ1) is 11.3. The minimum absolute atomic E-state index is 0. The third-order valence-electron chi connectivity index (χ3n) is 5.88. The van der Waals surface area contributed by atoms with E-state index in [9.17, 15) is 0 Å². The Morgan fingerprint density at radius 1 is 0.480 bits per heavy atom. The Kier molecular flexibility index (Phi) is 14.3. The summed E-state index contributed by atoms with van der Waals surface area (Å²) in [6, 6.07) is 0. The molecule has 2 saturated carbocycles. The van der Waals surface area contributed by atoms with Crippen LogP contribution in [0.2, 0.25) is 0 Å². The van der Waals surface area contributed by atoms with Crippen LogP contribution in [-0.2, 0) is 17.1 Å². The monoisotopic (exact) mass is 428 g/mol. The van der Waals surface area contributed by atoms with Gasteiger partial charge in [-0.25, -0.2) is 0 Å². The zero-order valence-electron chi connectivity index (χ0n) is 18.4. The van der Waals surface area contributed by atoms with Crippen molar-refractivity contribution in [2.24, 2.45) is 0 Å². The van der Waals surface area contributed by atoms with Gasteiger partial charge < -0.3 is 0 Å². The van der Waals surface area contributed by atoms with Crippen LogP contribution >= 0.6 is 15.8 Å². The molecule has 0 aromatic heterocycles. The average molecular weight is 428 g/mol. The molecule has 3 heteroatoms. The molecule has 0 radical (unpaired) electrons. The molecule has 2 aliphatic carbocycles. The van der Waals surface area contributed by atoms with Gasteiger partial charge in [0.15, 0.2) is 0 Å². The Hall–Kier alpha value is 1.38. The SMILES string of the molecule is CC(C)P(C(C)C)C1CCCC1.CC(C)P(C(C)C)C1CCCC1.[Fe]. The van der Waals surface area contributed by atoms with Crippen LogP contribution in [0, 0.1) is 0 Å². The molecule has 2 rings (SSSR count). The first-order valence-electron chi connectivity index (χ1n) is 10.8. The van der Waals surface area contributed by atoms with Crippen molar-refractivity contribution >= 4 is 15.8 Å². The van der Waals surface area contributed by atoms with E-state index in [1.54, 1.807) is 0 Å². The zero-order valence-corrected chi connectivity index (χ0v) is 21.3. The van der Waals surface area contributed by atoms with Crippen LogP contribution in [0.25, 0.3) is 0 Å². The van der Waals surface area contributed by atoms with Gasteiger partial charge >= 0.3 is 0 Å². The molecule has 0 aliphatic heterocycles. The van der Waals surface area contributed by atoms with E-state index in [1.165, 1.54) is 51.4 Å². The van der Waals surface area contributed by atoms with Gasteiger partial charge in [0.25, 0.3) is 0 Å². The minimum Gasteiger partial charge on any atom is -0.0983 e. The smallest absolute Gasteiger partial charge is 0 e. The summed E-state index contributed by atoms with van der Waals surface area (Å²) in [6.45, 7) is 19.4. The van der Waals surface area contributed by atoms with Crippen molar-refractivity contribution in [3.8, 4) is 0 Å². The molecule has 0 aromatic carbocycles. The van der Waals surface area contributed by atoms with Crippen molar-refractivity contribution in [2.75, 3.05) is 0 Å². The van der Waals surface area contributed by atoms with Crippen LogP contribution in [0.5, 0.6) is 0 Å². The summed E-state index contributed by atoms with van der Waals surface area (Å²) >= 11 is 0. The Labute approximate surface area is 173 Å². The van der Waals surface area contributed by atoms with Crippen molar-refractivity contribution in [1.29, 1.82) is 0 Å². The van der Waals surface area contributed by atoms with E-state index >= 15 is 0 Å². The van der Waals surface area contributed by atoms with Gasteiger partial charge in [-0.1, -0.05) is 96.9 Å². The number of hydrogen-bond acceptors (Lipinski definition) is 0. The third kappa shape index (κ3) is 8.95. The van der Waals surface area contributed by atoms with Crippen LogP contribution in [0.4, 0.5) is 0 Å². The Bertz CT molecular complexity index is 268. The van der Waals surface area contributed by atoms with E-state index in [-0.39, 0.29) is 17.1 Å². The van der Waals surface area contributed by atoms with Gasteiger partial charge in [-0.2, -0.15) is 0 Å². The molecule has 0 spiro atoms. The summed E-state index contributed by atoms with van der Waals surface area (Å²) in [6.07, 6.45) is 12.1. The molecule has 25 heavy (non-hydrogen) atoms. The Balaban J connectivity index is 0.000000443. The Morgan fingerprint density at radius 3 is 0.840 bits per heavy atom. The van der Waals surface area contributed by atoms with Crippen molar-refractivity contribution < 1.29 is 17.1 Å². The van der Waals surface area contributed by atoms with Crippen molar-refractivity contribution in [2.45, 2.75) is 141 Å². The second-order valence-electron chi connectivity index (χ2n) is 9.15. The second kappa shape index (κ2) is 13.5. The van der Waals surface area contributed by atoms with Gasteiger partial charge in [0.05, 0.1) is 0 Å². The largest absolute Gasteiger partial charge is 0.0983 e. The van der Waals surface area contributed by atoms with Gasteiger partial charge in [-0.3, -0.25) is 0 Å². The Morgan fingerprint density at radius 2 is 0.680 bits per heavy atom. The zero-order chi connectivity index (χ0) is 18.3. The van der Waals surface area contributed by atoms with Crippen LogP contribution in [-0.4, -0.2) is 34.0 Å². The topological polar surface area (TPSA) is 0 Å². The fourth-order valence-corrected chi connectivity index (χ4v) is 13.0. The maximum Gasteiger partial charge on any atom is 0 e. The van der Waals surface area contributed by atoms with Crippen molar-refractivity contribution in [3.05, 3.63) is 0 Å². The standard InChI is InChI=1S/2C11H23P.Fe/c2*1-9(2)12(10(3)4)11-7-5-6-8-11;/h2*9-11H,5-8H2,1-4H3;. The van der Waals surface area contributed by atoms with E-state index in [1.807, 2.05) is 0 Å². The maximum atomic E-state index is 2.42. The average Bonchev–Trinajstić information content (AvgIpc) is 3.11. The first-order valence-corrected chi connectivity index (χ1v) is 13.9. The summed E-state index contributed by atoms with van der Waals surface area (Å²) in [7, 11) is 0.640. The second-order valence-corrected chi connectivity index (χ2v) is 16.5. The molecule has 0 amide bonds. The summed E-state index contributed by atoms with van der Waals surface area (Å²) in [5.74, 6) is 0. The minimum atomic E-state index is 0.